The number of thiophene rings is 1. The average Bonchev–Trinajstić information content (AvgIpc) is 3.48. The van der Waals surface area contributed by atoms with Crippen LogP contribution in [0.25, 0.3) is 0 Å². The van der Waals surface area contributed by atoms with E-state index in [2.05, 4.69) is 5.32 Å². The minimum absolute atomic E-state index is 0.0162. The van der Waals surface area contributed by atoms with E-state index in [4.69, 9.17) is 0 Å². The van der Waals surface area contributed by atoms with Gasteiger partial charge in [0.15, 0.2) is 5.78 Å². The van der Waals surface area contributed by atoms with Crippen LogP contribution in [0.1, 0.15) is 58.7 Å². The molecule has 0 radical (unpaired) electrons. The van der Waals surface area contributed by atoms with Crippen molar-refractivity contribution < 1.29 is 19.2 Å². The normalized spacial score (nSPS) is 18.1. The van der Waals surface area contributed by atoms with Gasteiger partial charge in [-0.3, -0.25) is 19.2 Å². The molecule has 3 heterocycles. The van der Waals surface area contributed by atoms with Crippen LogP contribution in [-0.4, -0.2) is 65.5 Å². The first-order valence-corrected chi connectivity index (χ1v) is 12.6. The predicted octanol–water partition coefficient (Wildman–Crippen LogP) is 3.15. The maximum atomic E-state index is 13.3. The van der Waals surface area contributed by atoms with Crippen molar-refractivity contribution in [3.05, 3.63) is 57.8 Å². The number of carbonyl (C=O) groups is 4. The smallest absolute Gasteiger partial charge is 0.253 e. The molecule has 3 amide bonds. The number of hydrogen-bond acceptors (Lipinski definition) is 5. The molecule has 2 aliphatic rings. The molecule has 8 heteroatoms. The number of nitrogens with one attached hydrogen (secondary N) is 1. The molecule has 7 nitrogen and oxygen atoms in total. The monoisotopic (exact) mass is 481 g/mol. The first kappa shape index (κ1) is 24.1. The molecule has 34 heavy (non-hydrogen) atoms. The van der Waals surface area contributed by atoms with Crippen molar-refractivity contribution >= 4 is 34.8 Å². The summed E-state index contributed by atoms with van der Waals surface area (Å²) in [6.07, 6.45) is 3.12. The van der Waals surface area contributed by atoms with E-state index in [-0.39, 0.29) is 28.9 Å². The molecule has 0 aliphatic carbocycles. The highest BCUT2D eigenvalue weighted by Gasteiger charge is 2.44. The molecule has 0 saturated carbocycles. The molecule has 2 fully saturated rings. The van der Waals surface area contributed by atoms with Gasteiger partial charge in [0.1, 0.15) is 6.04 Å². The molecule has 0 unspecified atom stereocenters. The molecule has 1 N–H and O–H groups in total. The van der Waals surface area contributed by atoms with Gasteiger partial charge < -0.3 is 15.1 Å². The number of piperidine rings is 1. The summed E-state index contributed by atoms with van der Waals surface area (Å²) >= 11 is 1.59. The van der Waals surface area contributed by atoms with E-state index < -0.39 is 6.04 Å². The van der Waals surface area contributed by atoms with Gasteiger partial charge in [0, 0.05) is 55.5 Å². The Kier molecular flexibility index (Phi) is 7.16. The Morgan fingerprint density at radius 3 is 2.12 bits per heavy atom. The lowest BCUT2D eigenvalue weighted by atomic mass is 9.77. The molecule has 2 aromatic rings. The zero-order valence-electron chi connectivity index (χ0n) is 19.7. The quantitative estimate of drug-likeness (QED) is 0.642. The van der Waals surface area contributed by atoms with Crippen LogP contribution in [0, 0.1) is 5.41 Å². The maximum Gasteiger partial charge on any atom is 0.253 e. The summed E-state index contributed by atoms with van der Waals surface area (Å²) in [4.78, 5) is 54.3. The minimum atomic E-state index is -0.550. The number of Topliss-reactive ketones (excluding diaryl/α,β-unsaturated/α-hetero) is 1. The third-order valence-electron chi connectivity index (χ3n) is 7.06. The molecular formula is C26H31N3O4S. The van der Waals surface area contributed by atoms with E-state index in [1.54, 1.807) is 35.6 Å². The van der Waals surface area contributed by atoms with Crippen molar-refractivity contribution in [2.45, 2.75) is 45.6 Å². The van der Waals surface area contributed by atoms with Crippen molar-refractivity contribution in [2.24, 2.45) is 5.41 Å². The molecule has 1 spiro atoms. The SMILES string of the molecule is CC(=O)N[C@@H](Cc1cccs1)C(=O)N1CCC2(CCN(C(=O)c3ccc(C(C)=O)cc3)CC2)C1. The zero-order chi connectivity index (χ0) is 24.3. The third kappa shape index (κ3) is 5.38. The summed E-state index contributed by atoms with van der Waals surface area (Å²) in [5, 5.41) is 4.81. The topological polar surface area (TPSA) is 86.8 Å². The summed E-state index contributed by atoms with van der Waals surface area (Å²) in [6.45, 7) is 5.61. The van der Waals surface area contributed by atoms with Gasteiger partial charge in [-0.25, -0.2) is 0 Å². The number of hydrogen-bond donors (Lipinski definition) is 1. The van der Waals surface area contributed by atoms with Gasteiger partial charge in [0.05, 0.1) is 0 Å². The molecule has 0 bridgehead atoms. The Labute approximate surface area is 204 Å². The van der Waals surface area contributed by atoms with Gasteiger partial charge >= 0.3 is 0 Å². The summed E-state index contributed by atoms with van der Waals surface area (Å²) in [7, 11) is 0. The van der Waals surface area contributed by atoms with Gasteiger partial charge in [-0.2, -0.15) is 0 Å². The van der Waals surface area contributed by atoms with Crippen LogP contribution in [-0.2, 0) is 16.0 Å². The van der Waals surface area contributed by atoms with Crippen LogP contribution in [0.5, 0.6) is 0 Å². The zero-order valence-corrected chi connectivity index (χ0v) is 20.5. The molecule has 1 aromatic carbocycles. The number of likely N-dealkylation sites (tertiary alicyclic amines) is 2. The van der Waals surface area contributed by atoms with Gasteiger partial charge in [-0.15, -0.1) is 11.3 Å². The Bertz CT molecular complexity index is 1060. The van der Waals surface area contributed by atoms with Crippen molar-refractivity contribution in [1.82, 2.24) is 15.1 Å². The van der Waals surface area contributed by atoms with Gasteiger partial charge in [0.2, 0.25) is 11.8 Å². The van der Waals surface area contributed by atoms with Crippen LogP contribution >= 0.6 is 11.3 Å². The van der Waals surface area contributed by atoms with Crippen molar-refractivity contribution in [1.29, 1.82) is 0 Å². The second-order valence-electron chi connectivity index (χ2n) is 9.47. The number of rotatable bonds is 6. The first-order valence-electron chi connectivity index (χ1n) is 11.7. The molecule has 2 aliphatic heterocycles. The number of carbonyl (C=O) groups excluding carboxylic acids is 4. The van der Waals surface area contributed by atoms with Gasteiger partial charge in [-0.05, 0) is 55.2 Å². The van der Waals surface area contributed by atoms with Crippen LogP contribution in [0.3, 0.4) is 0 Å². The van der Waals surface area contributed by atoms with E-state index in [1.807, 2.05) is 27.3 Å². The predicted molar refractivity (Wildman–Crippen MR) is 131 cm³/mol. The largest absolute Gasteiger partial charge is 0.344 e. The van der Waals surface area contributed by atoms with Crippen LogP contribution in [0.2, 0.25) is 0 Å². The summed E-state index contributed by atoms with van der Waals surface area (Å²) < 4.78 is 0. The highest BCUT2D eigenvalue weighted by molar-refractivity contribution is 7.09. The molecule has 2 saturated heterocycles. The number of ketones is 1. The molecular weight excluding hydrogens is 450 g/mol. The maximum absolute atomic E-state index is 13.3. The van der Waals surface area contributed by atoms with Gasteiger partial charge in [0.25, 0.3) is 5.91 Å². The highest BCUT2D eigenvalue weighted by atomic mass is 32.1. The molecule has 180 valence electrons. The van der Waals surface area contributed by atoms with E-state index in [1.165, 1.54) is 13.8 Å². The molecule has 4 rings (SSSR count). The summed E-state index contributed by atoms with van der Waals surface area (Å²) in [5.74, 6) is -0.260. The average molecular weight is 482 g/mol. The van der Waals surface area contributed by atoms with Gasteiger partial charge in [-0.1, -0.05) is 18.2 Å². The second kappa shape index (κ2) is 10.1. The first-order chi connectivity index (χ1) is 16.3. The number of benzene rings is 1. The lowest BCUT2D eigenvalue weighted by Gasteiger charge is -2.39. The Hall–Kier alpha value is -3.00. The Morgan fingerprint density at radius 1 is 0.941 bits per heavy atom. The lowest BCUT2D eigenvalue weighted by molar-refractivity contribution is -0.135. The lowest BCUT2D eigenvalue weighted by Crippen LogP contribution is -2.50. The fraction of sp³-hybridized carbons (Fsp3) is 0.462. The minimum Gasteiger partial charge on any atom is -0.344 e. The van der Waals surface area contributed by atoms with Crippen LogP contribution in [0.15, 0.2) is 41.8 Å². The standard InChI is InChI=1S/C26H31N3O4S/c1-18(30)20-5-7-21(8-6-20)24(32)28-12-9-26(10-13-28)11-14-29(17-26)25(33)23(27-19(2)31)16-22-4-3-15-34-22/h3-8,15,23H,9-14,16-17H2,1-2H3,(H,27,31)/t23-/m0/s1. The van der Waals surface area contributed by atoms with Crippen LogP contribution in [0.4, 0.5) is 0 Å². The fourth-order valence-electron chi connectivity index (χ4n) is 5.04. The third-order valence-corrected chi connectivity index (χ3v) is 7.96. The van der Waals surface area contributed by atoms with E-state index >= 15 is 0 Å². The van der Waals surface area contributed by atoms with Crippen molar-refractivity contribution in [3.8, 4) is 0 Å². The Balaban J connectivity index is 1.35. The van der Waals surface area contributed by atoms with E-state index in [0.29, 0.717) is 43.7 Å². The fourth-order valence-corrected chi connectivity index (χ4v) is 5.79. The summed E-state index contributed by atoms with van der Waals surface area (Å²) in [5.41, 5.74) is 1.21. The second-order valence-corrected chi connectivity index (χ2v) is 10.5. The Morgan fingerprint density at radius 2 is 1.56 bits per heavy atom. The highest BCUT2D eigenvalue weighted by Crippen LogP contribution is 2.41. The number of amides is 3. The van der Waals surface area contributed by atoms with Crippen molar-refractivity contribution in [3.63, 3.8) is 0 Å². The summed E-state index contributed by atoms with van der Waals surface area (Å²) in [6, 6.07) is 10.2. The van der Waals surface area contributed by atoms with E-state index in [0.717, 1.165) is 24.1 Å². The number of nitrogens with zero attached hydrogens (tertiary/aromatic N) is 2. The van der Waals surface area contributed by atoms with Crippen molar-refractivity contribution in [2.75, 3.05) is 26.2 Å². The molecule has 1 aromatic heterocycles. The molecule has 1 atom stereocenters. The van der Waals surface area contributed by atoms with E-state index in [9.17, 15) is 19.2 Å². The van der Waals surface area contributed by atoms with Crippen LogP contribution < -0.4 is 5.32 Å².